The van der Waals surface area contributed by atoms with Gasteiger partial charge in [-0.25, -0.2) is 9.59 Å². The van der Waals surface area contributed by atoms with E-state index in [1.807, 2.05) is 20.8 Å². The highest BCUT2D eigenvalue weighted by atomic mass is 16.6. The second-order valence-electron chi connectivity index (χ2n) is 12.8. The number of benzene rings is 2. The minimum atomic E-state index is -1.41. The van der Waals surface area contributed by atoms with E-state index in [4.69, 9.17) is 4.74 Å². The molecule has 0 saturated heterocycles. The van der Waals surface area contributed by atoms with Gasteiger partial charge in [0.2, 0.25) is 17.7 Å². The summed E-state index contributed by atoms with van der Waals surface area (Å²) >= 11 is 0. The van der Waals surface area contributed by atoms with E-state index in [9.17, 15) is 44.3 Å². The Kier molecular flexibility index (Phi) is 13.1. The van der Waals surface area contributed by atoms with Gasteiger partial charge >= 0.3 is 11.9 Å². The van der Waals surface area contributed by atoms with Gasteiger partial charge in [-0.1, -0.05) is 39.0 Å². The summed E-state index contributed by atoms with van der Waals surface area (Å²) in [5, 5.41) is 41.4. The molecule has 3 amide bonds. The maximum Gasteiger partial charge on any atom is 0.326 e. The number of carboxylic acid groups (broad SMARTS) is 2. The number of ether oxygens (including phenoxy) is 1. The summed E-state index contributed by atoms with van der Waals surface area (Å²) in [5.74, 6) is -3.57. The molecule has 0 radical (unpaired) electrons. The lowest BCUT2D eigenvalue weighted by atomic mass is 9.92. The molecule has 1 heterocycles. The van der Waals surface area contributed by atoms with Crippen LogP contribution in [0.25, 0.3) is 0 Å². The van der Waals surface area contributed by atoms with Gasteiger partial charge in [-0.05, 0) is 65.8 Å². The molecule has 16 heteroatoms. The van der Waals surface area contributed by atoms with Crippen LogP contribution in [-0.4, -0.2) is 68.9 Å². The Morgan fingerprint density at radius 2 is 1.52 bits per heavy atom. The van der Waals surface area contributed by atoms with Crippen molar-refractivity contribution in [1.29, 1.82) is 0 Å². The smallest absolute Gasteiger partial charge is 0.326 e. The molecule has 1 aliphatic heterocycles. The number of methoxy groups -OCH3 is 1. The van der Waals surface area contributed by atoms with Crippen LogP contribution in [0.15, 0.2) is 66.6 Å². The Balaban J connectivity index is 1.73. The maximum atomic E-state index is 13.5. The molecule has 3 rings (SSSR count). The third kappa shape index (κ3) is 11.4. The Bertz CT molecular complexity index is 1670. The predicted molar refractivity (Wildman–Crippen MR) is 182 cm³/mol. The van der Waals surface area contributed by atoms with Crippen LogP contribution in [-0.2, 0) is 30.5 Å². The van der Waals surface area contributed by atoms with Crippen molar-refractivity contribution in [2.75, 3.05) is 17.7 Å². The fourth-order valence-corrected chi connectivity index (χ4v) is 5.18. The lowest BCUT2D eigenvalue weighted by molar-refractivity contribution is -0.403. The number of aliphatic carboxylic acids is 2. The Morgan fingerprint density at radius 1 is 0.960 bits per heavy atom. The molecule has 0 bridgehead atoms. The normalized spacial score (nSPS) is 15.4. The molecule has 16 nitrogen and oxygen atoms in total. The topological polar surface area (TPSA) is 230 Å². The first kappa shape index (κ1) is 38.5. The highest BCUT2D eigenvalue weighted by Crippen LogP contribution is 2.36. The summed E-state index contributed by atoms with van der Waals surface area (Å²) < 4.78 is 5.14. The zero-order valence-electron chi connectivity index (χ0n) is 28.4. The number of fused-ring (bicyclic) bond motifs is 1. The van der Waals surface area contributed by atoms with E-state index in [-0.39, 0.29) is 37.0 Å². The molecule has 0 spiro atoms. The van der Waals surface area contributed by atoms with Crippen molar-refractivity contribution >= 4 is 41.0 Å². The molecule has 0 saturated carbocycles. The van der Waals surface area contributed by atoms with Crippen molar-refractivity contribution in [3.63, 3.8) is 0 Å². The Hall–Kier alpha value is -5.93. The molecule has 2 aromatic rings. The van der Waals surface area contributed by atoms with Gasteiger partial charge in [-0.3, -0.25) is 24.5 Å². The van der Waals surface area contributed by atoms with E-state index in [1.54, 1.807) is 42.5 Å². The number of carbonyl (C=O) groups is 5. The molecule has 3 atom stereocenters. The van der Waals surface area contributed by atoms with E-state index in [0.29, 0.717) is 28.3 Å². The zero-order valence-corrected chi connectivity index (χ0v) is 28.4. The van der Waals surface area contributed by atoms with Crippen LogP contribution in [0.1, 0.15) is 64.1 Å². The second-order valence-corrected chi connectivity index (χ2v) is 12.8. The summed E-state index contributed by atoms with van der Waals surface area (Å²) in [4.78, 5) is 74.0. The first-order chi connectivity index (χ1) is 23.5. The number of amides is 3. The monoisotopic (exact) mass is 694 g/mol. The van der Waals surface area contributed by atoms with Gasteiger partial charge in [0.1, 0.15) is 23.9 Å². The van der Waals surface area contributed by atoms with Crippen LogP contribution < -0.4 is 26.0 Å². The number of anilines is 2. The van der Waals surface area contributed by atoms with Crippen molar-refractivity contribution in [1.82, 2.24) is 15.5 Å². The standard InChI is InChI=1S/C34H42N6O10/c1-20(41)39-18-21-16-23(36-28(19-40(48)49)35-22-10-13-24(50-5)14-11-22)12-15-25(21)30(39)31(43)38-27(33(46)47)9-7-6-8-26(32(44)45)37-29(42)17-34(2,3)4/h6-7,10-16,19,26-27,30,35-36H,8-9,17-18H2,1-5H3,(H,37,42)(H,38,43)(H,44,45)(H,46,47)/b7-6+,28-19-. The van der Waals surface area contributed by atoms with E-state index in [0.717, 1.165) is 6.20 Å². The molecule has 0 fully saturated rings. The van der Waals surface area contributed by atoms with E-state index < -0.39 is 52.7 Å². The lowest BCUT2D eigenvalue weighted by Gasteiger charge is -2.24. The van der Waals surface area contributed by atoms with Gasteiger partial charge < -0.3 is 41.1 Å². The van der Waals surface area contributed by atoms with Gasteiger partial charge in [0.15, 0.2) is 5.82 Å². The minimum absolute atomic E-state index is 0.0214. The molecule has 3 unspecified atom stereocenters. The molecule has 50 heavy (non-hydrogen) atoms. The molecule has 6 N–H and O–H groups in total. The van der Waals surface area contributed by atoms with Gasteiger partial charge in [0, 0.05) is 31.3 Å². The molecular formula is C34H42N6O10. The third-order valence-corrected chi connectivity index (χ3v) is 7.47. The molecule has 0 aliphatic carbocycles. The lowest BCUT2D eigenvalue weighted by Crippen LogP contribution is -2.46. The van der Waals surface area contributed by atoms with E-state index >= 15 is 0 Å². The highest BCUT2D eigenvalue weighted by Gasteiger charge is 2.38. The number of nitrogens with zero attached hydrogens (tertiary/aromatic N) is 2. The first-order valence-corrected chi connectivity index (χ1v) is 15.6. The van der Waals surface area contributed by atoms with Crippen LogP contribution in [0.4, 0.5) is 11.4 Å². The number of rotatable bonds is 16. The van der Waals surface area contributed by atoms with E-state index in [2.05, 4.69) is 21.3 Å². The zero-order chi connectivity index (χ0) is 37.2. The van der Waals surface area contributed by atoms with Crippen LogP contribution in [0.5, 0.6) is 5.75 Å². The molecule has 268 valence electrons. The van der Waals surface area contributed by atoms with Gasteiger partial charge in [-0.2, -0.15) is 0 Å². The highest BCUT2D eigenvalue weighted by molar-refractivity contribution is 5.92. The number of hydrogen-bond donors (Lipinski definition) is 6. The average Bonchev–Trinajstić information content (AvgIpc) is 3.40. The van der Waals surface area contributed by atoms with Crippen LogP contribution >= 0.6 is 0 Å². The summed E-state index contributed by atoms with van der Waals surface area (Å²) in [6.45, 7) is 6.83. The van der Waals surface area contributed by atoms with Gasteiger partial charge in [0.25, 0.3) is 6.20 Å². The number of hydrogen-bond acceptors (Lipinski definition) is 10. The van der Waals surface area contributed by atoms with Crippen molar-refractivity contribution in [3.8, 4) is 5.75 Å². The van der Waals surface area contributed by atoms with Crippen molar-refractivity contribution in [2.45, 2.75) is 71.6 Å². The number of carboxylic acids is 2. The third-order valence-electron chi connectivity index (χ3n) is 7.47. The largest absolute Gasteiger partial charge is 0.497 e. The Labute approximate surface area is 288 Å². The predicted octanol–water partition coefficient (Wildman–Crippen LogP) is 3.61. The SMILES string of the molecule is COc1ccc(N/C(=C/[N+](=O)[O-])Nc2ccc3c(c2)CN(C(C)=O)C3C(=O)NC(C/C=C/CC(NC(=O)CC(C)(C)C)C(=O)O)C(=O)O)cc1. The van der Waals surface area contributed by atoms with Crippen LogP contribution in [0.2, 0.25) is 0 Å². The minimum Gasteiger partial charge on any atom is -0.497 e. The number of carbonyl (C=O) groups excluding carboxylic acids is 3. The van der Waals surface area contributed by atoms with Crippen molar-refractivity contribution in [3.05, 3.63) is 87.9 Å². The Morgan fingerprint density at radius 3 is 2.04 bits per heavy atom. The summed E-state index contributed by atoms with van der Waals surface area (Å²) in [6, 6.07) is 7.72. The summed E-state index contributed by atoms with van der Waals surface area (Å²) in [5.41, 5.74) is 1.63. The number of nitrogens with one attached hydrogen (secondary N) is 4. The summed E-state index contributed by atoms with van der Waals surface area (Å²) in [6.07, 6.45) is 3.40. The quantitative estimate of drug-likeness (QED) is 0.0841. The molecule has 1 aliphatic rings. The first-order valence-electron chi connectivity index (χ1n) is 15.6. The van der Waals surface area contributed by atoms with Crippen LogP contribution in [0.3, 0.4) is 0 Å². The summed E-state index contributed by atoms with van der Waals surface area (Å²) in [7, 11) is 1.51. The molecular weight excluding hydrogens is 652 g/mol. The second kappa shape index (κ2) is 16.9. The van der Waals surface area contributed by atoms with E-state index in [1.165, 1.54) is 31.1 Å². The fraction of sp³-hybridized carbons (Fsp3) is 0.382. The van der Waals surface area contributed by atoms with Crippen LogP contribution in [0, 0.1) is 15.5 Å². The van der Waals surface area contributed by atoms with Crippen molar-refractivity contribution in [2.24, 2.45) is 5.41 Å². The fourth-order valence-electron chi connectivity index (χ4n) is 5.18. The van der Waals surface area contributed by atoms with Crippen molar-refractivity contribution < 1.29 is 43.8 Å². The van der Waals surface area contributed by atoms with Gasteiger partial charge in [0.05, 0.1) is 12.0 Å². The average molecular weight is 695 g/mol. The molecule has 2 aromatic carbocycles. The maximum absolute atomic E-state index is 13.5. The molecule has 0 aromatic heterocycles. The van der Waals surface area contributed by atoms with Gasteiger partial charge in [-0.15, -0.1) is 0 Å². The number of nitro groups is 1.